The molecule has 17 heavy (non-hydrogen) atoms. The molecular weight excluding hydrogens is 241 g/mol. The van der Waals surface area contributed by atoms with E-state index in [0.717, 1.165) is 12.8 Å². The summed E-state index contributed by atoms with van der Waals surface area (Å²) < 4.78 is 37.8. The Kier molecular flexibility index (Phi) is 3.78. The number of nitrogens with one attached hydrogen (secondary N) is 1. The number of alkyl halides is 1. The second-order valence-electron chi connectivity index (χ2n) is 5.60. The van der Waals surface area contributed by atoms with Gasteiger partial charge in [-0.05, 0) is 38.5 Å². The van der Waals surface area contributed by atoms with Crippen molar-refractivity contribution in [1.29, 1.82) is 0 Å². The summed E-state index contributed by atoms with van der Waals surface area (Å²) in [5.74, 6) is 0.199. The highest BCUT2D eigenvalue weighted by atomic mass is 32.2. The molecule has 0 spiro atoms. The molecule has 2 aliphatic rings. The molecule has 1 N–H and O–H groups in total. The van der Waals surface area contributed by atoms with Crippen molar-refractivity contribution >= 4 is 9.84 Å². The molecule has 2 atom stereocenters. The second-order valence-corrected chi connectivity index (χ2v) is 7.90. The maximum atomic E-state index is 14.6. The normalized spacial score (nSPS) is 37.3. The molecular formula is C12H22FNO2S. The van der Waals surface area contributed by atoms with Gasteiger partial charge in [-0.25, -0.2) is 12.8 Å². The summed E-state index contributed by atoms with van der Waals surface area (Å²) in [7, 11) is -3.04. The van der Waals surface area contributed by atoms with E-state index in [-0.39, 0.29) is 30.0 Å². The lowest BCUT2D eigenvalue weighted by atomic mass is 9.87. The summed E-state index contributed by atoms with van der Waals surface area (Å²) in [5, 5.41) is 3.38. The molecule has 0 aromatic rings. The minimum Gasteiger partial charge on any atom is -0.311 e. The highest BCUT2D eigenvalue weighted by molar-refractivity contribution is 7.91. The lowest BCUT2D eigenvalue weighted by Gasteiger charge is -2.34. The quantitative estimate of drug-likeness (QED) is 0.823. The first-order chi connectivity index (χ1) is 7.92. The SMILES string of the molecule is CCCS(=O)(=O)CCC1(F)CC2CCC(C1)N2. The Bertz CT molecular complexity index is 357. The van der Waals surface area contributed by atoms with Gasteiger partial charge in [0.25, 0.3) is 0 Å². The molecule has 2 heterocycles. The van der Waals surface area contributed by atoms with E-state index in [2.05, 4.69) is 5.32 Å². The second kappa shape index (κ2) is 4.84. The maximum absolute atomic E-state index is 14.6. The van der Waals surface area contributed by atoms with Crippen LogP contribution in [0.3, 0.4) is 0 Å². The zero-order valence-corrected chi connectivity index (χ0v) is 11.2. The topological polar surface area (TPSA) is 46.2 Å². The van der Waals surface area contributed by atoms with Crippen molar-refractivity contribution in [1.82, 2.24) is 5.32 Å². The number of rotatable bonds is 5. The summed E-state index contributed by atoms with van der Waals surface area (Å²) in [6.45, 7) is 1.84. The van der Waals surface area contributed by atoms with E-state index in [1.165, 1.54) is 0 Å². The van der Waals surface area contributed by atoms with E-state index < -0.39 is 15.5 Å². The van der Waals surface area contributed by atoms with Gasteiger partial charge in [0.15, 0.2) is 0 Å². The van der Waals surface area contributed by atoms with Gasteiger partial charge in [-0.2, -0.15) is 0 Å². The van der Waals surface area contributed by atoms with Crippen molar-refractivity contribution in [3.8, 4) is 0 Å². The van der Waals surface area contributed by atoms with Crippen molar-refractivity contribution in [3.63, 3.8) is 0 Å². The van der Waals surface area contributed by atoms with Gasteiger partial charge in [0.05, 0.1) is 5.75 Å². The number of halogens is 1. The van der Waals surface area contributed by atoms with Crippen molar-refractivity contribution < 1.29 is 12.8 Å². The molecule has 2 bridgehead atoms. The van der Waals surface area contributed by atoms with E-state index in [1.807, 2.05) is 6.92 Å². The first kappa shape index (κ1) is 13.3. The maximum Gasteiger partial charge on any atom is 0.150 e. The Hall–Kier alpha value is -0.160. The van der Waals surface area contributed by atoms with Gasteiger partial charge in [0.2, 0.25) is 0 Å². The van der Waals surface area contributed by atoms with Crippen LogP contribution in [0.4, 0.5) is 4.39 Å². The van der Waals surface area contributed by atoms with Crippen LogP contribution < -0.4 is 5.32 Å². The Labute approximate surface area is 103 Å². The fraction of sp³-hybridized carbons (Fsp3) is 1.00. The van der Waals surface area contributed by atoms with Gasteiger partial charge < -0.3 is 5.32 Å². The number of piperidine rings is 1. The molecule has 2 unspecified atom stereocenters. The van der Waals surface area contributed by atoms with Gasteiger partial charge in [0.1, 0.15) is 15.5 Å². The number of hydrogen-bond donors (Lipinski definition) is 1. The van der Waals surface area contributed by atoms with Gasteiger partial charge in [-0.1, -0.05) is 6.92 Å². The molecule has 0 aliphatic carbocycles. The lowest BCUT2D eigenvalue weighted by molar-refractivity contribution is 0.0856. The largest absolute Gasteiger partial charge is 0.311 e. The minimum absolute atomic E-state index is 0.0107. The molecule has 5 heteroatoms. The van der Waals surface area contributed by atoms with Crippen molar-refractivity contribution in [2.24, 2.45) is 0 Å². The summed E-state index contributed by atoms with van der Waals surface area (Å²) >= 11 is 0. The van der Waals surface area contributed by atoms with Crippen LogP contribution in [0.5, 0.6) is 0 Å². The monoisotopic (exact) mass is 263 g/mol. The molecule has 3 nitrogen and oxygen atoms in total. The predicted octanol–water partition coefficient (Wildman–Crippen LogP) is 1.82. The van der Waals surface area contributed by atoms with E-state index in [4.69, 9.17) is 0 Å². The Morgan fingerprint density at radius 3 is 2.35 bits per heavy atom. The molecule has 100 valence electrons. The third-order valence-corrected chi connectivity index (χ3v) is 5.79. The minimum atomic E-state index is -3.04. The highest BCUT2D eigenvalue weighted by Crippen LogP contribution is 2.39. The number of sulfone groups is 1. The lowest BCUT2D eigenvalue weighted by Crippen LogP contribution is -2.46. The van der Waals surface area contributed by atoms with Crippen molar-refractivity contribution in [2.45, 2.75) is 63.2 Å². The van der Waals surface area contributed by atoms with Crippen molar-refractivity contribution in [2.75, 3.05) is 11.5 Å². The van der Waals surface area contributed by atoms with Gasteiger partial charge in [0, 0.05) is 17.8 Å². The molecule has 0 aromatic carbocycles. The zero-order valence-electron chi connectivity index (χ0n) is 10.4. The standard InChI is InChI=1S/C12H22FNO2S/c1-2-6-17(15,16)7-5-12(13)8-10-3-4-11(9-12)14-10/h10-11,14H,2-9H2,1H3. The van der Waals surface area contributed by atoms with Crippen LogP contribution in [0.2, 0.25) is 0 Å². The fourth-order valence-electron chi connectivity index (χ4n) is 3.15. The summed E-state index contributed by atoms with van der Waals surface area (Å²) in [5.41, 5.74) is -1.25. The van der Waals surface area contributed by atoms with Crippen LogP contribution in [0, 0.1) is 0 Å². The average molecular weight is 263 g/mol. The van der Waals surface area contributed by atoms with Gasteiger partial charge in [-0.3, -0.25) is 0 Å². The van der Waals surface area contributed by atoms with Crippen LogP contribution in [0.15, 0.2) is 0 Å². The van der Waals surface area contributed by atoms with Crippen molar-refractivity contribution in [3.05, 3.63) is 0 Å². The third-order valence-electron chi connectivity index (χ3n) is 3.94. The Morgan fingerprint density at radius 1 is 1.24 bits per heavy atom. The molecule has 2 aliphatic heterocycles. The summed E-state index contributed by atoms with van der Waals surface area (Å²) in [6, 6.07) is 0.542. The van der Waals surface area contributed by atoms with Crippen LogP contribution in [0.25, 0.3) is 0 Å². The molecule has 2 fully saturated rings. The molecule has 0 amide bonds. The molecule has 0 aromatic heterocycles. The van der Waals surface area contributed by atoms with Crippen LogP contribution in [0.1, 0.15) is 45.4 Å². The van der Waals surface area contributed by atoms with Crippen LogP contribution >= 0.6 is 0 Å². The average Bonchev–Trinajstić information content (AvgIpc) is 2.56. The molecule has 0 saturated carbocycles. The van der Waals surface area contributed by atoms with E-state index in [0.29, 0.717) is 19.3 Å². The van der Waals surface area contributed by atoms with Gasteiger partial charge in [-0.15, -0.1) is 0 Å². The van der Waals surface area contributed by atoms with Crippen LogP contribution in [-0.4, -0.2) is 37.7 Å². The zero-order chi connectivity index (χ0) is 12.5. The molecule has 2 rings (SSSR count). The number of hydrogen-bond acceptors (Lipinski definition) is 3. The molecule has 2 saturated heterocycles. The Balaban J connectivity index is 1.90. The smallest absolute Gasteiger partial charge is 0.150 e. The number of fused-ring (bicyclic) bond motifs is 2. The summed E-state index contributed by atoms with van der Waals surface area (Å²) in [6.07, 6.45) is 3.87. The van der Waals surface area contributed by atoms with Crippen LogP contribution in [-0.2, 0) is 9.84 Å². The summed E-state index contributed by atoms with van der Waals surface area (Å²) in [4.78, 5) is 0. The first-order valence-corrected chi connectivity index (χ1v) is 8.40. The van der Waals surface area contributed by atoms with E-state index in [1.54, 1.807) is 0 Å². The molecule has 0 radical (unpaired) electrons. The van der Waals surface area contributed by atoms with Gasteiger partial charge >= 0.3 is 0 Å². The highest BCUT2D eigenvalue weighted by Gasteiger charge is 2.44. The van der Waals surface area contributed by atoms with E-state index >= 15 is 0 Å². The van der Waals surface area contributed by atoms with E-state index in [9.17, 15) is 12.8 Å². The Morgan fingerprint density at radius 2 is 1.82 bits per heavy atom. The fourth-order valence-corrected chi connectivity index (χ4v) is 4.65. The third kappa shape index (κ3) is 3.41. The predicted molar refractivity (Wildman–Crippen MR) is 66.6 cm³/mol. The first-order valence-electron chi connectivity index (χ1n) is 6.58.